The molecule has 1 unspecified atom stereocenters. The Kier molecular flexibility index (Phi) is 4.91. The number of piperidine rings is 2. The molecule has 2 fully saturated rings. The minimum absolute atomic E-state index is 0.265. The van der Waals surface area contributed by atoms with E-state index in [-0.39, 0.29) is 5.54 Å². The van der Waals surface area contributed by atoms with Crippen molar-refractivity contribution in [1.29, 1.82) is 0 Å². The van der Waals surface area contributed by atoms with Gasteiger partial charge in [0.25, 0.3) is 0 Å². The third-order valence-electron chi connectivity index (χ3n) is 6.12. The number of rotatable bonds is 4. The summed E-state index contributed by atoms with van der Waals surface area (Å²) in [6.45, 7) is 10.5. The maximum absolute atomic E-state index is 6.20. The number of nitrogens with two attached hydrogens (primary N) is 1. The fourth-order valence-corrected chi connectivity index (χ4v) is 4.30. The van der Waals surface area contributed by atoms with Crippen molar-refractivity contribution < 1.29 is 0 Å². The third-order valence-corrected chi connectivity index (χ3v) is 6.12. The first-order valence-corrected chi connectivity index (χ1v) is 8.23. The standard InChI is InChI=1S/C16H33N3/c1-4-15(5-2)8-11-19(12-9-15)16(13-17)7-6-10-18(3)14-16/h4-14,17H2,1-3H3. The van der Waals surface area contributed by atoms with E-state index in [0.29, 0.717) is 5.41 Å². The van der Waals surface area contributed by atoms with E-state index in [0.717, 1.165) is 13.1 Å². The Morgan fingerprint density at radius 1 is 1.00 bits per heavy atom. The summed E-state index contributed by atoms with van der Waals surface area (Å²) in [7, 11) is 2.25. The van der Waals surface area contributed by atoms with Crippen LogP contribution in [0.5, 0.6) is 0 Å². The fraction of sp³-hybridized carbons (Fsp3) is 1.00. The zero-order chi connectivity index (χ0) is 13.9. The van der Waals surface area contributed by atoms with Crippen molar-refractivity contribution in [3.05, 3.63) is 0 Å². The van der Waals surface area contributed by atoms with Gasteiger partial charge in [-0.3, -0.25) is 4.90 Å². The topological polar surface area (TPSA) is 32.5 Å². The van der Waals surface area contributed by atoms with Gasteiger partial charge in [0.15, 0.2) is 0 Å². The number of nitrogens with zero attached hydrogens (tertiary/aromatic N) is 2. The van der Waals surface area contributed by atoms with Crippen LogP contribution in [0.25, 0.3) is 0 Å². The van der Waals surface area contributed by atoms with E-state index in [4.69, 9.17) is 5.73 Å². The molecule has 0 bridgehead atoms. The van der Waals surface area contributed by atoms with Gasteiger partial charge in [-0.25, -0.2) is 0 Å². The maximum Gasteiger partial charge on any atom is 0.0458 e. The van der Waals surface area contributed by atoms with Crippen LogP contribution in [-0.2, 0) is 0 Å². The van der Waals surface area contributed by atoms with Crippen LogP contribution in [0, 0.1) is 5.41 Å². The molecule has 0 aromatic heterocycles. The molecule has 0 amide bonds. The molecule has 2 N–H and O–H groups in total. The molecule has 3 nitrogen and oxygen atoms in total. The second-order valence-electron chi connectivity index (χ2n) is 6.96. The van der Waals surface area contributed by atoms with Crippen molar-refractivity contribution in [2.24, 2.45) is 11.1 Å². The van der Waals surface area contributed by atoms with Crippen molar-refractivity contribution in [2.45, 2.75) is 57.9 Å². The summed E-state index contributed by atoms with van der Waals surface area (Å²) in [5.74, 6) is 0. The van der Waals surface area contributed by atoms with Gasteiger partial charge in [-0.1, -0.05) is 26.7 Å². The van der Waals surface area contributed by atoms with Crippen LogP contribution < -0.4 is 5.73 Å². The lowest BCUT2D eigenvalue weighted by molar-refractivity contribution is -0.0198. The summed E-state index contributed by atoms with van der Waals surface area (Å²) in [4.78, 5) is 5.20. The molecular formula is C16H33N3. The molecule has 1 atom stereocenters. The first kappa shape index (κ1) is 15.3. The lowest BCUT2D eigenvalue weighted by Gasteiger charge is -2.53. The van der Waals surface area contributed by atoms with E-state index in [1.807, 2.05) is 0 Å². The predicted molar refractivity (Wildman–Crippen MR) is 82.3 cm³/mol. The van der Waals surface area contributed by atoms with Gasteiger partial charge in [0.1, 0.15) is 0 Å². The van der Waals surface area contributed by atoms with Crippen LogP contribution in [0.4, 0.5) is 0 Å². The molecule has 3 heteroatoms. The molecule has 19 heavy (non-hydrogen) atoms. The molecule has 2 saturated heterocycles. The van der Waals surface area contributed by atoms with E-state index in [2.05, 4.69) is 30.7 Å². The summed E-state index contributed by atoms with van der Waals surface area (Å²) in [6.07, 6.45) is 8.01. The second kappa shape index (κ2) is 6.11. The predicted octanol–water partition coefficient (Wildman–Crippen LogP) is 2.31. The first-order valence-electron chi connectivity index (χ1n) is 8.23. The summed E-state index contributed by atoms with van der Waals surface area (Å²) >= 11 is 0. The van der Waals surface area contributed by atoms with Gasteiger partial charge in [0.2, 0.25) is 0 Å². The molecular weight excluding hydrogens is 234 g/mol. The van der Waals surface area contributed by atoms with Crippen LogP contribution in [0.1, 0.15) is 52.4 Å². The Hall–Kier alpha value is -0.120. The van der Waals surface area contributed by atoms with Gasteiger partial charge >= 0.3 is 0 Å². The Morgan fingerprint density at radius 2 is 1.63 bits per heavy atom. The quantitative estimate of drug-likeness (QED) is 0.848. The Morgan fingerprint density at radius 3 is 2.11 bits per heavy atom. The molecule has 0 radical (unpaired) electrons. The van der Waals surface area contributed by atoms with Gasteiger partial charge in [0, 0.05) is 18.6 Å². The van der Waals surface area contributed by atoms with Gasteiger partial charge in [-0.05, 0) is 57.8 Å². The van der Waals surface area contributed by atoms with E-state index in [1.54, 1.807) is 0 Å². The van der Waals surface area contributed by atoms with E-state index < -0.39 is 0 Å². The summed E-state index contributed by atoms with van der Waals surface area (Å²) in [5, 5.41) is 0. The molecule has 2 heterocycles. The van der Waals surface area contributed by atoms with Gasteiger partial charge in [-0.15, -0.1) is 0 Å². The highest BCUT2D eigenvalue weighted by Gasteiger charge is 2.42. The molecule has 112 valence electrons. The Balaban J connectivity index is 2.02. The summed E-state index contributed by atoms with van der Waals surface area (Å²) in [6, 6.07) is 0. The Labute approximate surface area is 119 Å². The highest BCUT2D eigenvalue weighted by molar-refractivity contribution is 4.99. The molecule has 2 rings (SSSR count). The second-order valence-corrected chi connectivity index (χ2v) is 6.96. The monoisotopic (exact) mass is 267 g/mol. The average molecular weight is 267 g/mol. The molecule has 2 aliphatic rings. The van der Waals surface area contributed by atoms with E-state index >= 15 is 0 Å². The first-order chi connectivity index (χ1) is 9.10. The van der Waals surface area contributed by atoms with Crippen molar-refractivity contribution in [2.75, 3.05) is 39.8 Å². The maximum atomic E-state index is 6.20. The SMILES string of the molecule is CCC1(CC)CCN(C2(CN)CCCN(C)C2)CC1. The fourth-order valence-electron chi connectivity index (χ4n) is 4.30. The average Bonchev–Trinajstić information content (AvgIpc) is 2.47. The molecule has 0 aliphatic carbocycles. The van der Waals surface area contributed by atoms with Gasteiger partial charge in [0.05, 0.1) is 0 Å². The molecule has 0 aromatic rings. The number of hydrogen-bond acceptors (Lipinski definition) is 3. The number of likely N-dealkylation sites (N-methyl/N-ethyl adjacent to an activating group) is 1. The lowest BCUT2D eigenvalue weighted by Crippen LogP contribution is -2.64. The summed E-state index contributed by atoms with van der Waals surface area (Å²) < 4.78 is 0. The zero-order valence-electron chi connectivity index (χ0n) is 13.2. The van der Waals surface area contributed by atoms with Crippen molar-refractivity contribution in [3.63, 3.8) is 0 Å². The smallest absolute Gasteiger partial charge is 0.0458 e. The van der Waals surface area contributed by atoms with Crippen LogP contribution in [0.3, 0.4) is 0 Å². The number of hydrogen-bond donors (Lipinski definition) is 1. The van der Waals surface area contributed by atoms with E-state index in [1.165, 1.54) is 58.2 Å². The van der Waals surface area contributed by atoms with Crippen LogP contribution in [-0.4, -0.2) is 55.1 Å². The van der Waals surface area contributed by atoms with Gasteiger partial charge < -0.3 is 10.6 Å². The highest BCUT2D eigenvalue weighted by Crippen LogP contribution is 2.40. The largest absolute Gasteiger partial charge is 0.329 e. The van der Waals surface area contributed by atoms with Crippen molar-refractivity contribution in [3.8, 4) is 0 Å². The van der Waals surface area contributed by atoms with Crippen LogP contribution in [0.2, 0.25) is 0 Å². The molecule has 0 aromatic carbocycles. The minimum Gasteiger partial charge on any atom is -0.329 e. The van der Waals surface area contributed by atoms with Crippen LogP contribution in [0.15, 0.2) is 0 Å². The zero-order valence-corrected chi connectivity index (χ0v) is 13.2. The van der Waals surface area contributed by atoms with Crippen molar-refractivity contribution >= 4 is 0 Å². The molecule has 0 spiro atoms. The lowest BCUT2D eigenvalue weighted by atomic mass is 9.72. The normalized spacial score (nSPS) is 33.5. The number of likely N-dealkylation sites (tertiary alicyclic amines) is 2. The molecule has 0 saturated carbocycles. The molecule has 2 aliphatic heterocycles. The Bertz CT molecular complexity index is 278. The van der Waals surface area contributed by atoms with Crippen molar-refractivity contribution in [1.82, 2.24) is 9.80 Å². The highest BCUT2D eigenvalue weighted by atomic mass is 15.3. The van der Waals surface area contributed by atoms with Crippen LogP contribution >= 0.6 is 0 Å². The minimum atomic E-state index is 0.265. The summed E-state index contributed by atoms with van der Waals surface area (Å²) in [5.41, 5.74) is 7.08. The van der Waals surface area contributed by atoms with E-state index in [9.17, 15) is 0 Å². The third kappa shape index (κ3) is 2.98. The van der Waals surface area contributed by atoms with Gasteiger partial charge in [-0.2, -0.15) is 0 Å².